The fourth-order valence-electron chi connectivity index (χ4n) is 1.91. The summed E-state index contributed by atoms with van der Waals surface area (Å²) in [5.74, 6) is 0. The van der Waals surface area contributed by atoms with Crippen molar-refractivity contribution in [2.24, 2.45) is 0 Å². The highest BCUT2D eigenvalue weighted by atomic mass is 19.3. The number of alkyl halides is 2. The first-order chi connectivity index (χ1) is 7.49. The predicted octanol–water partition coefficient (Wildman–Crippen LogP) is 1.82. The standard InChI is InChI=1S/C11H21F2NO2/c1-11(2)7-9(3-5-16-11)14-4-6-15-8-10(12)13/h9-10,14H,3-8H2,1-2H3. The van der Waals surface area contributed by atoms with Gasteiger partial charge in [0.1, 0.15) is 6.61 Å². The quantitative estimate of drug-likeness (QED) is 0.715. The highest BCUT2D eigenvalue weighted by Crippen LogP contribution is 2.23. The highest BCUT2D eigenvalue weighted by Gasteiger charge is 2.28. The Morgan fingerprint density at radius 1 is 1.50 bits per heavy atom. The van der Waals surface area contributed by atoms with Crippen LogP contribution in [-0.2, 0) is 9.47 Å². The van der Waals surface area contributed by atoms with Crippen LogP contribution in [0.25, 0.3) is 0 Å². The summed E-state index contributed by atoms with van der Waals surface area (Å²) in [6, 6.07) is 0.402. The van der Waals surface area contributed by atoms with Crippen molar-refractivity contribution in [3.8, 4) is 0 Å². The highest BCUT2D eigenvalue weighted by molar-refractivity contribution is 4.82. The van der Waals surface area contributed by atoms with E-state index in [0.717, 1.165) is 19.4 Å². The van der Waals surface area contributed by atoms with Crippen LogP contribution in [0.2, 0.25) is 0 Å². The van der Waals surface area contributed by atoms with E-state index in [9.17, 15) is 8.78 Å². The molecule has 16 heavy (non-hydrogen) atoms. The molecule has 96 valence electrons. The third kappa shape index (κ3) is 5.72. The van der Waals surface area contributed by atoms with Gasteiger partial charge in [0, 0.05) is 19.2 Å². The van der Waals surface area contributed by atoms with Gasteiger partial charge in [-0.05, 0) is 26.7 Å². The molecular weight excluding hydrogens is 216 g/mol. The molecule has 1 aliphatic heterocycles. The van der Waals surface area contributed by atoms with Crippen molar-refractivity contribution in [2.75, 3.05) is 26.4 Å². The van der Waals surface area contributed by atoms with E-state index < -0.39 is 13.0 Å². The second kappa shape index (κ2) is 6.47. The number of halogens is 2. The van der Waals surface area contributed by atoms with Crippen LogP contribution in [0, 0.1) is 0 Å². The largest absolute Gasteiger partial charge is 0.375 e. The third-order valence-corrected chi connectivity index (χ3v) is 2.62. The number of hydrogen-bond donors (Lipinski definition) is 1. The number of hydrogen-bond acceptors (Lipinski definition) is 3. The molecule has 1 unspecified atom stereocenters. The minimum atomic E-state index is -2.37. The minimum absolute atomic E-state index is 0.0836. The van der Waals surface area contributed by atoms with Gasteiger partial charge >= 0.3 is 0 Å². The molecule has 0 spiro atoms. The van der Waals surface area contributed by atoms with Crippen molar-refractivity contribution >= 4 is 0 Å². The average Bonchev–Trinajstić information content (AvgIpc) is 2.15. The molecule has 1 atom stereocenters. The maximum absolute atomic E-state index is 11.8. The molecule has 0 bridgehead atoms. The molecule has 1 saturated heterocycles. The second-order valence-electron chi connectivity index (χ2n) is 4.72. The first-order valence-corrected chi connectivity index (χ1v) is 5.73. The summed E-state index contributed by atoms with van der Waals surface area (Å²) in [6.07, 6.45) is -0.456. The Morgan fingerprint density at radius 3 is 2.88 bits per heavy atom. The molecule has 0 saturated carbocycles. The maximum atomic E-state index is 11.8. The molecule has 1 fully saturated rings. The summed E-state index contributed by atoms with van der Waals surface area (Å²) in [5.41, 5.74) is -0.0836. The van der Waals surface area contributed by atoms with E-state index >= 15 is 0 Å². The van der Waals surface area contributed by atoms with Crippen molar-refractivity contribution in [1.29, 1.82) is 0 Å². The van der Waals surface area contributed by atoms with Gasteiger partial charge < -0.3 is 14.8 Å². The van der Waals surface area contributed by atoms with E-state index in [2.05, 4.69) is 19.2 Å². The maximum Gasteiger partial charge on any atom is 0.261 e. The molecule has 3 nitrogen and oxygen atoms in total. The summed E-state index contributed by atoms with van der Waals surface area (Å²) in [7, 11) is 0. The van der Waals surface area contributed by atoms with Crippen LogP contribution in [0.3, 0.4) is 0 Å². The Bertz CT molecular complexity index is 200. The molecule has 1 aliphatic rings. The average molecular weight is 237 g/mol. The summed E-state index contributed by atoms with van der Waals surface area (Å²) in [6.45, 7) is 5.36. The molecule has 0 amide bonds. The lowest BCUT2D eigenvalue weighted by Crippen LogP contribution is -2.44. The molecule has 0 aromatic carbocycles. The first kappa shape index (κ1) is 13.8. The van der Waals surface area contributed by atoms with Crippen LogP contribution in [0.5, 0.6) is 0 Å². The topological polar surface area (TPSA) is 30.5 Å². The molecule has 1 rings (SSSR count). The second-order valence-corrected chi connectivity index (χ2v) is 4.72. The van der Waals surface area contributed by atoms with E-state index in [-0.39, 0.29) is 5.60 Å². The zero-order chi connectivity index (χ0) is 12.0. The SMILES string of the molecule is CC1(C)CC(NCCOCC(F)F)CCO1. The van der Waals surface area contributed by atoms with Crippen LogP contribution < -0.4 is 5.32 Å². The van der Waals surface area contributed by atoms with Crippen molar-refractivity contribution in [3.05, 3.63) is 0 Å². The van der Waals surface area contributed by atoms with Crippen molar-refractivity contribution in [1.82, 2.24) is 5.32 Å². The fraction of sp³-hybridized carbons (Fsp3) is 1.00. The van der Waals surface area contributed by atoms with Gasteiger partial charge in [-0.25, -0.2) is 8.78 Å². The zero-order valence-electron chi connectivity index (χ0n) is 9.97. The zero-order valence-corrected chi connectivity index (χ0v) is 9.97. The molecular formula is C11H21F2NO2. The van der Waals surface area contributed by atoms with E-state index in [1.807, 2.05) is 0 Å². The summed E-state index contributed by atoms with van der Waals surface area (Å²) in [5, 5.41) is 3.30. The normalized spacial score (nSPS) is 24.9. The van der Waals surface area contributed by atoms with Gasteiger partial charge in [0.15, 0.2) is 0 Å². The Hall–Kier alpha value is -0.260. The van der Waals surface area contributed by atoms with E-state index in [1.54, 1.807) is 0 Å². The van der Waals surface area contributed by atoms with Gasteiger partial charge in [-0.1, -0.05) is 0 Å². The summed E-state index contributed by atoms with van der Waals surface area (Å²) < 4.78 is 33.9. The Labute approximate surface area is 95.5 Å². The minimum Gasteiger partial charge on any atom is -0.375 e. The summed E-state index contributed by atoms with van der Waals surface area (Å²) in [4.78, 5) is 0. The van der Waals surface area contributed by atoms with Crippen molar-refractivity contribution in [3.63, 3.8) is 0 Å². The molecule has 0 aromatic heterocycles. The summed E-state index contributed by atoms with van der Waals surface area (Å²) >= 11 is 0. The fourth-order valence-corrected chi connectivity index (χ4v) is 1.91. The van der Waals surface area contributed by atoms with Crippen LogP contribution in [0.1, 0.15) is 26.7 Å². The van der Waals surface area contributed by atoms with Crippen LogP contribution >= 0.6 is 0 Å². The first-order valence-electron chi connectivity index (χ1n) is 5.73. The van der Waals surface area contributed by atoms with Gasteiger partial charge in [0.05, 0.1) is 12.2 Å². The van der Waals surface area contributed by atoms with Gasteiger partial charge in [0.25, 0.3) is 6.43 Å². The molecule has 0 aromatic rings. The monoisotopic (exact) mass is 237 g/mol. The van der Waals surface area contributed by atoms with E-state index in [1.165, 1.54) is 0 Å². The Morgan fingerprint density at radius 2 is 2.25 bits per heavy atom. The lowest BCUT2D eigenvalue weighted by atomic mass is 9.94. The van der Waals surface area contributed by atoms with E-state index in [4.69, 9.17) is 9.47 Å². The smallest absolute Gasteiger partial charge is 0.261 e. The molecule has 0 radical (unpaired) electrons. The Kier molecular flexibility index (Phi) is 5.58. The third-order valence-electron chi connectivity index (χ3n) is 2.62. The number of nitrogens with one attached hydrogen (secondary N) is 1. The van der Waals surface area contributed by atoms with Gasteiger partial charge in [-0.15, -0.1) is 0 Å². The van der Waals surface area contributed by atoms with Crippen molar-refractivity contribution < 1.29 is 18.3 Å². The predicted molar refractivity (Wildman–Crippen MR) is 57.9 cm³/mol. The van der Waals surface area contributed by atoms with Gasteiger partial charge in [0.2, 0.25) is 0 Å². The lowest BCUT2D eigenvalue weighted by Gasteiger charge is -2.35. The van der Waals surface area contributed by atoms with Crippen molar-refractivity contribution in [2.45, 2.75) is 44.8 Å². The van der Waals surface area contributed by atoms with Gasteiger partial charge in [-0.3, -0.25) is 0 Å². The van der Waals surface area contributed by atoms with Crippen LogP contribution in [0.15, 0.2) is 0 Å². The van der Waals surface area contributed by atoms with Crippen LogP contribution in [-0.4, -0.2) is 44.4 Å². The van der Waals surface area contributed by atoms with Crippen LogP contribution in [0.4, 0.5) is 8.78 Å². The van der Waals surface area contributed by atoms with E-state index in [0.29, 0.717) is 19.2 Å². The number of ether oxygens (including phenoxy) is 2. The molecule has 1 heterocycles. The number of rotatable bonds is 6. The Balaban J connectivity index is 2.04. The van der Waals surface area contributed by atoms with Gasteiger partial charge in [-0.2, -0.15) is 0 Å². The lowest BCUT2D eigenvalue weighted by molar-refractivity contribution is -0.0637. The molecule has 0 aliphatic carbocycles. The molecule has 1 N–H and O–H groups in total. The molecule has 5 heteroatoms.